The summed E-state index contributed by atoms with van der Waals surface area (Å²) in [6.07, 6.45) is 7.02. The third kappa shape index (κ3) is 5.53. The van der Waals surface area contributed by atoms with E-state index in [1.54, 1.807) is 28.4 Å². The lowest BCUT2D eigenvalue weighted by molar-refractivity contribution is -0.335. The van der Waals surface area contributed by atoms with Crippen LogP contribution in [0.5, 0.6) is 5.75 Å². The number of carbonyl (C=O) groups is 1. The number of amides is 1. The number of nitrogens with zero attached hydrogens (tertiary/aromatic N) is 2. The average Bonchev–Trinajstić information content (AvgIpc) is 3.29. The lowest BCUT2D eigenvalue weighted by Crippen LogP contribution is -2.55. The first-order valence-electron chi connectivity index (χ1n) is 15.1. The zero-order valence-electron chi connectivity index (χ0n) is 25.1. The van der Waals surface area contributed by atoms with Gasteiger partial charge in [-0.3, -0.25) is 4.79 Å². The van der Waals surface area contributed by atoms with Crippen molar-refractivity contribution in [3.05, 3.63) is 65.2 Å². The third-order valence-electron chi connectivity index (χ3n) is 9.47. The highest BCUT2D eigenvalue weighted by molar-refractivity contribution is 5.94. The van der Waals surface area contributed by atoms with Crippen LogP contribution < -0.4 is 4.74 Å². The number of ether oxygens (including phenoxy) is 5. The summed E-state index contributed by atoms with van der Waals surface area (Å²) in [6.45, 7) is 4.56. The fraction of sp³-hybridized carbons (Fsp3) is 0.606. The van der Waals surface area contributed by atoms with Crippen LogP contribution in [0.15, 0.2) is 48.5 Å². The minimum atomic E-state index is -1.11. The number of fused-ring (bicyclic) bond motifs is 1. The number of methoxy groups -OCH3 is 4. The van der Waals surface area contributed by atoms with E-state index in [1.807, 2.05) is 53.4 Å². The van der Waals surface area contributed by atoms with Gasteiger partial charge in [0.1, 0.15) is 11.9 Å². The van der Waals surface area contributed by atoms with E-state index in [9.17, 15) is 4.79 Å². The van der Waals surface area contributed by atoms with E-state index in [2.05, 4.69) is 4.90 Å². The Bertz CT molecular complexity index is 1140. The topological polar surface area (TPSA) is 69.7 Å². The molecular formula is C33H46N2O6. The molecule has 224 valence electrons. The summed E-state index contributed by atoms with van der Waals surface area (Å²) in [5, 5.41) is 0. The van der Waals surface area contributed by atoms with Gasteiger partial charge >= 0.3 is 0 Å². The Morgan fingerprint density at radius 1 is 0.854 bits per heavy atom. The normalized spacial score (nSPS) is 24.8. The predicted octanol–water partition coefficient (Wildman–Crippen LogP) is 5.17. The molecule has 2 fully saturated rings. The standard InChI is InChI=1S/C33H46N2O6/c1-37-30-28-11-6-7-12-29(28)33(39-3,40-4)32(30,38-2)19-10-24-41-27-15-13-25(14-16-27)31(36)35-22-17-26(18-23-35)34-20-8-5-9-21-34/h6-7,11-16,26,30H,5,8-10,17-24H2,1-4H3. The van der Waals surface area contributed by atoms with Gasteiger partial charge in [0.15, 0.2) is 5.60 Å². The molecule has 0 N–H and O–H groups in total. The molecule has 0 aromatic heterocycles. The number of hydrogen-bond acceptors (Lipinski definition) is 7. The van der Waals surface area contributed by atoms with E-state index < -0.39 is 11.4 Å². The lowest BCUT2D eigenvalue weighted by atomic mass is 9.86. The van der Waals surface area contributed by atoms with E-state index >= 15 is 0 Å². The molecule has 41 heavy (non-hydrogen) atoms. The van der Waals surface area contributed by atoms with Gasteiger partial charge in [-0.15, -0.1) is 0 Å². The van der Waals surface area contributed by atoms with Gasteiger partial charge in [-0.25, -0.2) is 0 Å². The van der Waals surface area contributed by atoms with E-state index in [0.717, 1.165) is 42.8 Å². The van der Waals surface area contributed by atoms with Gasteiger partial charge in [0.2, 0.25) is 5.79 Å². The van der Waals surface area contributed by atoms with Gasteiger partial charge in [-0.1, -0.05) is 30.7 Å². The van der Waals surface area contributed by atoms with Crippen LogP contribution in [-0.4, -0.2) is 88.6 Å². The maximum atomic E-state index is 13.2. The molecule has 0 bridgehead atoms. The number of benzene rings is 2. The van der Waals surface area contributed by atoms with E-state index in [1.165, 1.54) is 32.4 Å². The van der Waals surface area contributed by atoms with Crippen molar-refractivity contribution in [3.63, 3.8) is 0 Å². The lowest BCUT2D eigenvalue weighted by Gasteiger charge is -2.45. The Hall–Kier alpha value is -2.49. The Morgan fingerprint density at radius 2 is 1.54 bits per heavy atom. The van der Waals surface area contributed by atoms with Crippen molar-refractivity contribution in [3.8, 4) is 5.75 Å². The van der Waals surface area contributed by atoms with Crippen LogP contribution in [-0.2, 0) is 24.7 Å². The summed E-state index contributed by atoms with van der Waals surface area (Å²) < 4.78 is 30.4. The van der Waals surface area contributed by atoms with Gasteiger partial charge in [0.25, 0.3) is 5.91 Å². The molecule has 2 aliphatic heterocycles. The zero-order chi connectivity index (χ0) is 28.9. The van der Waals surface area contributed by atoms with Crippen LogP contribution in [0.25, 0.3) is 0 Å². The maximum Gasteiger partial charge on any atom is 0.253 e. The highest BCUT2D eigenvalue weighted by Gasteiger charge is 2.65. The van der Waals surface area contributed by atoms with Crippen molar-refractivity contribution < 1.29 is 28.5 Å². The molecule has 0 radical (unpaired) electrons. The van der Waals surface area contributed by atoms with Crippen molar-refractivity contribution >= 4 is 5.91 Å². The second-order valence-corrected chi connectivity index (χ2v) is 11.4. The van der Waals surface area contributed by atoms with Crippen LogP contribution in [0.2, 0.25) is 0 Å². The zero-order valence-corrected chi connectivity index (χ0v) is 25.1. The summed E-state index contributed by atoms with van der Waals surface area (Å²) in [5.41, 5.74) is 1.73. The molecular weight excluding hydrogens is 520 g/mol. The summed E-state index contributed by atoms with van der Waals surface area (Å²) >= 11 is 0. The molecule has 2 aromatic carbocycles. The van der Waals surface area contributed by atoms with Gasteiger partial charge in [-0.2, -0.15) is 0 Å². The summed E-state index contributed by atoms with van der Waals surface area (Å²) in [6, 6.07) is 16.2. The van der Waals surface area contributed by atoms with Gasteiger partial charge in [0.05, 0.1) is 6.61 Å². The van der Waals surface area contributed by atoms with E-state index in [-0.39, 0.29) is 12.0 Å². The van der Waals surface area contributed by atoms with Crippen molar-refractivity contribution in [1.82, 2.24) is 9.80 Å². The molecule has 0 spiro atoms. The summed E-state index contributed by atoms with van der Waals surface area (Å²) in [7, 11) is 6.65. The fourth-order valence-corrected chi connectivity index (χ4v) is 7.40. The quantitative estimate of drug-likeness (QED) is 0.275. The van der Waals surface area contributed by atoms with Crippen LogP contribution >= 0.6 is 0 Å². The van der Waals surface area contributed by atoms with Crippen molar-refractivity contribution in [2.24, 2.45) is 0 Å². The van der Waals surface area contributed by atoms with Crippen LogP contribution in [0.1, 0.15) is 72.5 Å². The molecule has 8 nitrogen and oxygen atoms in total. The third-order valence-corrected chi connectivity index (χ3v) is 9.47. The molecule has 0 saturated carbocycles. The summed E-state index contributed by atoms with van der Waals surface area (Å²) in [5.74, 6) is -0.263. The molecule has 1 amide bonds. The molecule has 2 saturated heterocycles. The molecule has 5 rings (SSSR count). The molecule has 2 unspecified atom stereocenters. The minimum Gasteiger partial charge on any atom is -0.494 e. The van der Waals surface area contributed by atoms with Crippen molar-refractivity contribution in [2.75, 3.05) is 61.2 Å². The van der Waals surface area contributed by atoms with E-state index in [4.69, 9.17) is 23.7 Å². The first kappa shape index (κ1) is 30.0. The monoisotopic (exact) mass is 566 g/mol. The molecule has 2 heterocycles. The number of likely N-dealkylation sites (tertiary alicyclic amines) is 2. The highest BCUT2D eigenvalue weighted by atomic mass is 16.7. The van der Waals surface area contributed by atoms with Crippen molar-refractivity contribution in [1.29, 1.82) is 0 Å². The largest absolute Gasteiger partial charge is 0.494 e. The smallest absolute Gasteiger partial charge is 0.253 e. The molecule has 8 heteroatoms. The SMILES string of the molecule is COC1c2ccccc2C(OC)(OC)C1(CCCOc1ccc(C(=O)N2CCC(N3CCCCC3)CC2)cc1)OC. The highest BCUT2D eigenvalue weighted by Crippen LogP contribution is 2.58. The molecule has 2 atom stereocenters. The Morgan fingerprint density at radius 3 is 2.17 bits per heavy atom. The Balaban J connectivity index is 1.15. The average molecular weight is 567 g/mol. The second kappa shape index (κ2) is 13.2. The predicted molar refractivity (Wildman–Crippen MR) is 157 cm³/mol. The number of rotatable bonds is 11. The van der Waals surface area contributed by atoms with Crippen molar-refractivity contribution in [2.45, 2.75) is 68.5 Å². The van der Waals surface area contributed by atoms with Crippen LogP contribution in [0.3, 0.4) is 0 Å². The number of hydrogen-bond donors (Lipinski definition) is 0. The van der Waals surface area contributed by atoms with Crippen LogP contribution in [0.4, 0.5) is 0 Å². The molecule has 1 aliphatic carbocycles. The summed E-state index contributed by atoms with van der Waals surface area (Å²) in [4.78, 5) is 17.8. The fourth-order valence-electron chi connectivity index (χ4n) is 7.40. The van der Waals surface area contributed by atoms with Gasteiger partial charge in [-0.05, 0) is 81.4 Å². The minimum absolute atomic E-state index is 0.109. The Kier molecular flexibility index (Phi) is 9.66. The number of carbonyl (C=O) groups excluding carboxylic acids is 1. The molecule has 3 aliphatic rings. The maximum absolute atomic E-state index is 13.2. The number of piperidine rings is 2. The van der Waals surface area contributed by atoms with Crippen LogP contribution in [0, 0.1) is 0 Å². The van der Waals surface area contributed by atoms with Gasteiger partial charge in [0, 0.05) is 58.7 Å². The first-order chi connectivity index (χ1) is 20.0. The Labute approximate surface area is 244 Å². The van der Waals surface area contributed by atoms with Gasteiger partial charge < -0.3 is 33.5 Å². The first-order valence-corrected chi connectivity index (χ1v) is 15.1. The second-order valence-electron chi connectivity index (χ2n) is 11.4. The molecule has 2 aromatic rings. The van der Waals surface area contributed by atoms with E-state index in [0.29, 0.717) is 31.1 Å².